The van der Waals surface area contributed by atoms with Gasteiger partial charge in [0.15, 0.2) is 10.9 Å². The van der Waals surface area contributed by atoms with Gasteiger partial charge in [0.25, 0.3) is 0 Å². The van der Waals surface area contributed by atoms with E-state index in [0.29, 0.717) is 35.9 Å². The predicted octanol–water partition coefficient (Wildman–Crippen LogP) is 3.64. The number of aryl methyl sites for hydroxylation is 1. The van der Waals surface area contributed by atoms with Crippen molar-refractivity contribution in [1.29, 1.82) is 0 Å². The third-order valence-electron chi connectivity index (χ3n) is 4.99. The first-order chi connectivity index (χ1) is 15.4. The zero-order valence-electron chi connectivity index (χ0n) is 18.1. The minimum absolute atomic E-state index is 0.226. The van der Waals surface area contributed by atoms with Crippen LogP contribution < -0.4 is 0 Å². The summed E-state index contributed by atoms with van der Waals surface area (Å²) >= 11 is 1.51. The van der Waals surface area contributed by atoms with E-state index in [1.807, 2.05) is 29.7 Å². The molecule has 11 heteroatoms. The largest absolute Gasteiger partial charge is 0.461 e. The summed E-state index contributed by atoms with van der Waals surface area (Å²) in [7, 11) is -0.493. The molecule has 0 bridgehead atoms. The summed E-state index contributed by atoms with van der Waals surface area (Å²) in [5.41, 5.74) is 1.54. The first kappa shape index (κ1) is 22.3. The molecule has 0 N–H and O–H groups in total. The third-order valence-corrected chi connectivity index (χ3v) is 7.77. The molecule has 0 saturated carbocycles. The molecule has 9 nitrogen and oxygen atoms in total. The number of hydrogen-bond acceptors (Lipinski definition) is 7. The van der Waals surface area contributed by atoms with Gasteiger partial charge in [-0.15, -0.1) is 16.8 Å². The SMILES string of the molecule is C=CCn1c(SCc2nc3cc(S(=O)(=O)N(C)C)ccc3n2CC)nnc1-c1ccco1. The van der Waals surface area contributed by atoms with Crippen molar-refractivity contribution in [2.75, 3.05) is 14.1 Å². The maximum Gasteiger partial charge on any atom is 0.242 e. The van der Waals surface area contributed by atoms with Gasteiger partial charge in [0.05, 0.1) is 27.9 Å². The maximum atomic E-state index is 12.5. The van der Waals surface area contributed by atoms with E-state index < -0.39 is 10.0 Å². The highest BCUT2D eigenvalue weighted by atomic mass is 32.2. The molecule has 4 aromatic rings. The lowest BCUT2D eigenvalue weighted by molar-refractivity contribution is 0.521. The molecule has 0 amide bonds. The fourth-order valence-electron chi connectivity index (χ4n) is 3.40. The molecule has 168 valence electrons. The number of aromatic nitrogens is 5. The summed E-state index contributed by atoms with van der Waals surface area (Å²) in [6, 6.07) is 8.71. The molecule has 0 spiro atoms. The van der Waals surface area contributed by atoms with E-state index in [1.165, 1.54) is 30.2 Å². The lowest BCUT2D eigenvalue weighted by Crippen LogP contribution is -2.22. The van der Waals surface area contributed by atoms with Gasteiger partial charge in [0.2, 0.25) is 15.8 Å². The van der Waals surface area contributed by atoms with E-state index in [-0.39, 0.29) is 4.90 Å². The van der Waals surface area contributed by atoms with Crippen LogP contribution in [0.4, 0.5) is 0 Å². The Kier molecular flexibility index (Phi) is 6.22. The summed E-state index contributed by atoms with van der Waals surface area (Å²) in [5, 5.41) is 9.33. The number of allylic oxidation sites excluding steroid dienone is 1. The summed E-state index contributed by atoms with van der Waals surface area (Å²) in [6.45, 7) is 7.12. The van der Waals surface area contributed by atoms with E-state index in [9.17, 15) is 8.42 Å². The fraction of sp³-hybridized carbons (Fsp3) is 0.286. The van der Waals surface area contributed by atoms with Crippen LogP contribution in [0.2, 0.25) is 0 Å². The van der Waals surface area contributed by atoms with Crippen molar-refractivity contribution in [3.63, 3.8) is 0 Å². The molecule has 32 heavy (non-hydrogen) atoms. The molecule has 0 aliphatic carbocycles. The van der Waals surface area contributed by atoms with Gasteiger partial charge in [-0.3, -0.25) is 4.57 Å². The van der Waals surface area contributed by atoms with E-state index in [2.05, 4.69) is 21.3 Å². The second-order valence-electron chi connectivity index (χ2n) is 7.18. The highest BCUT2D eigenvalue weighted by molar-refractivity contribution is 7.98. The first-order valence-electron chi connectivity index (χ1n) is 9.99. The molecule has 1 aromatic carbocycles. The number of furan rings is 1. The van der Waals surface area contributed by atoms with Crippen molar-refractivity contribution in [3.05, 3.63) is 55.1 Å². The van der Waals surface area contributed by atoms with Crippen LogP contribution >= 0.6 is 11.8 Å². The Balaban J connectivity index is 1.66. The van der Waals surface area contributed by atoms with Gasteiger partial charge in [-0.1, -0.05) is 17.8 Å². The number of imidazole rings is 1. The number of hydrogen-bond donors (Lipinski definition) is 0. The van der Waals surface area contributed by atoms with E-state index in [1.54, 1.807) is 24.5 Å². The van der Waals surface area contributed by atoms with Crippen LogP contribution in [-0.4, -0.2) is 51.1 Å². The Morgan fingerprint density at radius 3 is 2.69 bits per heavy atom. The molecule has 0 unspecified atom stereocenters. The zero-order valence-corrected chi connectivity index (χ0v) is 19.7. The smallest absolute Gasteiger partial charge is 0.242 e. The lowest BCUT2D eigenvalue weighted by atomic mass is 10.3. The average Bonchev–Trinajstić information content (AvgIpc) is 3.50. The Morgan fingerprint density at radius 2 is 2.03 bits per heavy atom. The number of fused-ring (bicyclic) bond motifs is 1. The van der Waals surface area contributed by atoms with Crippen LogP contribution in [0.25, 0.3) is 22.6 Å². The molecule has 0 fully saturated rings. The standard InChI is InChI=1S/C21H24N6O3S2/c1-5-11-27-20(18-8-7-12-30-18)23-24-21(27)31-14-19-22-16-13-15(32(28,29)25(3)4)9-10-17(16)26(19)6-2/h5,7-10,12-13H,1,6,11,14H2,2-4H3. The number of benzene rings is 1. The van der Waals surface area contributed by atoms with Crippen molar-refractivity contribution in [3.8, 4) is 11.6 Å². The van der Waals surface area contributed by atoms with Crippen molar-refractivity contribution < 1.29 is 12.8 Å². The van der Waals surface area contributed by atoms with Crippen molar-refractivity contribution >= 4 is 32.8 Å². The molecule has 0 radical (unpaired) electrons. The van der Waals surface area contributed by atoms with E-state index in [4.69, 9.17) is 9.40 Å². The molecule has 0 atom stereocenters. The molecule has 0 aliphatic heterocycles. The normalized spacial score (nSPS) is 12.1. The van der Waals surface area contributed by atoms with Gasteiger partial charge in [0, 0.05) is 27.2 Å². The monoisotopic (exact) mass is 472 g/mol. The minimum Gasteiger partial charge on any atom is -0.461 e. The Bertz CT molecular complexity index is 1350. The summed E-state index contributed by atoms with van der Waals surface area (Å²) < 4.78 is 35.7. The maximum absolute atomic E-state index is 12.5. The van der Waals surface area contributed by atoms with Crippen molar-refractivity contribution in [2.24, 2.45) is 0 Å². The van der Waals surface area contributed by atoms with Crippen LogP contribution in [0, 0.1) is 0 Å². The molecule has 3 heterocycles. The van der Waals surface area contributed by atoms with Crippen LogP contribution in [0.5, 0.6) is 0 Å². The van der Waals surface area contributed by atoms with Crippen molar-refractivity contribution in [2.45, 2.75) is 35.8 Å². The van der Waals surface area contributed by atoms with E-state index >= 15 is 0 Å². The van der Waals surface area contributed by atoms with Crippen LogP contribution in [0.1, 0.15) is 12.7 Å². The summed E-state index contributed by atoms with van der Waals surface area (Å²) in [4.78, 5) is 4.95. The topological polar surface area (TPSA) is 99.1 Å². The van der Waals surface area contributed by atoms with Crippen LogP contribution in [0.15, 0.2) is 63.7 Å². The highest BCUT2D eigenvalue weighted by Gasteiger charge is 2.20. The molecule has 3 aromatic heterocycles. The predicted molar refractivity (Wildman–Crippen MR) is 124 cm³/mol. The Morgan fingerprint density at radius 1 is 1.22 bits per heavy atom. The number of sulfonamides is 1. The number of thioether (sulfide) groups is 1. The first-order valence-corrected chi connectivity index (χ1v) is 12.4. The Labute approximate surface area is 190 Å². The Hall–Kier alpha value is -2.89. The van der Waals surface area contributed by atoms with E-state index in [0.717, 1.165) is 16.5 Å². The fourth-order valence-corrected chi connectivity index (χ4v) is 5.22. The summed E-state index contributed by atoms with van der Waals surface area (Å²) in [6.07, 6.45) is 3.39. The quantitative estimate of drug-likeness (QED) is 0.271. The second-order valence-corrected chi connectivity index (χ2v) is 10.3. The number of rotatable bonds is 9. The average molecular weight is 473 g/mol. The van der Waals surface area contributed by atoms with Gasteiger partial charge in [-0.2, -0.15) is 0 Å². The van der Waals surface area contributed by atoms with Gasteiger partial charge in [-0.25, -0.2) is 17.7 Å². The molecular weight excluding hydrogens is 448 g/mol. The minimum atomic E-state index is -3.53. The zero-order chi connectivity index (χ0) is 22.9. The lowest BCUT2D eigenvalue weighted by Gasteiger charge is -2.11. The molecular formula is C21H24N6O3S2. The van der Waals surface area contributed by atoms with Crippen molar-refractivity contribution in [1.82, 2.24) is 28.6 Å². The molecule has 0 saturated heterocycles. The second kappa shape index (κ2) is 8.93. The number of nitrogens with zero attached hydrogens (tertiary/aromatic N) is 6. The third kappa shape index (κ3) is 3.98. The van der Waals surface area contributed by atoms with Gasteiger partial charge in [-0.05, 0) is 37.3 Å². The van der Waals surface area contributed by atoms with Gasteiger partial charge < -0.3 is 8.98 Å². The van der Waals surface area contributed by atoms with Gasteiger partial charge >= 0.3 is 0 Å². The molecule has 0 aliphatic rings. The van der Waals surface area contributed by atoms with Gasteiger partial charge in [0.1, 0.15) is 5.82 Å². The molecule has 4 rings (SSSR count). The summed E-state index contributed by atoms with van der Waals surface area (Å²) in [5.74, 6) is 2.66. The van der Waals surface area contributed by atoms with Crippen LogP contribution in [-0.2, 0) is 28.9 Å². The van der Waals surface area contributed by atoms with Crippen LogP contribution in [0.3, 0.4) is 0 Å². The highest BCUT2D eigenvalue weighted by Crippen LogP contribution is 2.29.